The van der Waals surface area contributed by atoms with E-state index in [1.807, 2.05) is 0 Å². The maximum atomic E-state index is 3.56. The van der Waals surface area contributed by atoms with Gasteiger partial charge in [0, 0.05) is 5.54 Å². The molecule has 1 saturated carbocycles. The summed E-state index contributed by atoms with van der Waals surface area (Å²) in [6.45, 7) is 8.06. The van der Waals surface area contributed by atoms with Crippen LogP contribution in [0, 0.1) is 5.92 Å². The maximum absolute atomic E-state index is 3.56. The van der Waals surface area contributed by atoms with E-state index < -0.39 is 0 Å². The van der Waals surface area contributed by atoms with Gasteiger partial charge in [0.2, 0.25) is 0 Å². The molecule has 1 heteroatoms. The Morgan fingerprint density at radius 3 is 2.40 bits per heavy atom. The van der Waals surface area contributed by atoms with E-state index in [-0.39, 0.29) is 0 Å². The van der Waals surface area contributed by atoms with Gasteiger partial charge in [0.05, 0.1) is 0 Å². The van der Waals surface area contributed by atoms with Crippen LogP contribution >= 0.6 is 0 Å². The van der Waals surface area contributed by atoms with Crippen molar-refractivity contribution >= 4 is 0 Å². The molecular weight excluding hydrogens is 122 g/mol. The lowest BCUT2D eigenvalue weighted by molar-refractivity contribution is 0.478. The van der Waals surface area contributed by atoms with E-state index in [1.165, 1.54) is 25.8 Å². The molecule has 1 nitrogen and oxygen atoms in total. The molecule has 60 valence electrons. The lowest BCUT2D eigenvalue weighted by Crippen LogP contribution is -2.29. The standard InChI is InChI=1S/C9H19N/c1-8(2)4-7-10-9(3)5-6-9/h8,10H,4-7H2,1-3H3. The van der Waals surface area contributed by atoms with Crippen molar-refractivity contribution in [3.8, 4) is 0 Å². The molecule has 1 rings (SSSR count). The van der Waals surface area contributed by atoms with Crippen LogP contribution in [-0.2, 0) is 0 Å². The molecule has 1 aliphatic rings. The average Bonchev–Trinajstić information content (AvgIpc) is 2.47. The van der Waals surface area contributed by atoms with Crippen molar-refractivity contribution in [2.75, 3.05) is 6.54 Å². The Morgan fingerprint density at radius 2 is 2.00 bits per heavy atom. The summed E-state index contributed by atoms with van der Waals surface area (Å²) in [6, 6.07) is 0. The zero-order valence-corrected chi connectivity index (χ0v) is 7.41. The summed E-state index contributed by atoms with van der Waals surface area (Å²) < 4.78 is 0. The van der Waals surface area contributed by atoms with E-state index in [0.717, 1.165) is 5.92 Å². The van der Waals surface area contributed by atoms with Gasteiger partial charge in [0.15, 0.2) is 0 Å². The SMILES string of the molecule is CC(C)CCNC1(C)CC1. The first-order valence-corrected chi connectivity index (χ1v) is 4.37. The lowest BCUT2D eigenvalue weighted by Gasteiger charge is -2.11. The first-order valence-electron chi connectivity index (χ1n) is 4.37. The van der Waals surface area contributed by atoms with Gasteiger partial charge in [-0.15, -0.1) is 0 Å². The Balaban J connectivity index is 1.95. The van der Waals surface area contributed by atoms with Gasteiger partial charge >= 0.3 is 0 Å². The highest BCUT2D eigenvalue weighted by Crippen LogP contribution is 2.34. The Kier molecular flexibility index (Phi) is 2.35. The molecule has 0 radical (unpaired) electrons. The van der Waals surface area contributed by atoms with Gasteiger partial charge in [-0.1, -0.05) is 13.8 Å². The largest absolute Gasteiger partial charge is 0.312 e. The van der Waals surface area contributed by atoms with Gasteiger partial charge in [0.1, 0.15) is 0 Å². The van der Waals surface area contributed by atoms with Gasteiger partial charge in [-0.05, 0) is 38.6 Å². The fraction of sp³-hybridized carbons (Fsp3) is 1.00. The molecule has 0 amide bonds. The molecule has 0 aliphatic heterocycles. The Hall–Kier alpha value is -0.0400. The summed E-state index contributed by atoms with van der Waals surface area (Å²) in [5, 5.41) is 3.56. The molecule has 0 atom stereocenters. The Labute approximate surface area is 64.2 Å². The second-order valence-electron chi connectivity index (χ2n) is 4.17. The fourth-order valence-electron chi connectivity index (χ4n) is 1.03. The minimum Gasteiger partial charge on any atom is -0.312 e. The van der Waals surface area contributed by atoms with Crippen LogP contribution in [0.3, 0.4) is 0 Å². The molecule has 0 bridgehead atoms. The van der Waals surface area contributed by atoms with Crippen LogP contribution < -0.4 is 5.32 Å². The minimum atomic E-state index is 0.537. The highest BCUT2D eigenvalue weighted by Gasteiger charge is 2.35. The quantitative estimate of drug-likeness (QED) is 0.632. The zero-order valence-electron chi connectivity index (χ0n) is 7.41. The lowest BCUT2D eigenvalue weighted by atomic mass is 10.1. The molecule has 0 saturated heterocycles. The highest BCUT2D eigenvalue weighted by molar-refractivity contribution is 4.97. The van der Waals surface area contributed by atoms with Crippen LogP contribution in [0.2, 0.25) is 0 Å². The topological polar surface area (TPSA) is 12.0 Å². The molecule has 1 fully saturated rings. The monoisotopic (exact) mass is 141 g/mol. The molecule has 0 unspecified atom stereocenters. The van der Waals surface area contributed by atoms with Crippen molar-refractivity contribution < 1.29 is 0 Å². The van der Waals surface area contributed by atoms with Gasteiger partial charge in [-0.25, -0.2) is 0 Å². The van der Waals surface area contributed by atoms with Crippen molar-refractivity contribution in [3.63, 3.8) is 0 Å². The van der Waals surface area contributed by atoms with Crippen molar-refractivity contribution in [1.82, 2.24) is 5.32 Å². The molecule has 0 aromatic rings. The van der Waals surface area contributed by atoms with E-state index in [2.05, 4.69) is 26.1 Å². The Bertz CT molecular complexity index is 103. The molecule has 1 aliphatic carbocycles. The number of hydrogen-bond donors (Lipinski definition) is 1. The Morgan fingerprint density at radius 1 is 1.40 bits per heavy atom. The second-order valence-corrected chi connectivity index (χ2v) is 4.17. The molecular formula is C9H19N. The maximum Gasteiger partial charge on any atom is 0.0154 e. The van der Waals surface area contributed by atoms with E-state index in [9.17, 15) is 0 Å². The molecule has 0 heterocycles. The van der Waals surface area contributed by atoms with Crippen LogP contribution in [0.15, 0.2) is 0 Å². The van der Waals surface area contributed by atoms with Crippen molar-refractivity contribution in [1.29, 1.82) is 0 Å². The third-order valence-corrected chi connectivity index (χ3v) is 2.27. The smallest absolute Gasteiger partial charge is 0.0154 e. The van der Waals surface area contributed by atoms with Crippen molar-refractivity contribution in [3.05, 3.63) is 0 Å². The average molecular weight is 141 g/mol. The van der Waals surface area contributed by atoms with E-state index in [0.29, 0.717) is 5.54 Å². The van der Waals surface area contributed by atoms with E-state index in [1.54, 1.807) is 0 Å². The summed E-state index contributed by atoms with van der Waals surface area (Å²) in [5.41, 5.74) is 0.537. The van der Waals surface area contributed by atoms with Gasteiger partial charge in [-0.2, -0.15) is 0 Å². The second kappa shape index (κ2) is 2.91. The molecule has 10 heavy (non-hydrogen) atoms. The van der Waals surface area contributed by atoms with Crippen molar-refractivity contribution in [2.45, 2.75) is 45.6 Å². The van der Waals surface area contributed by atoms with E-state index in [4.69, 9.17) is 0 Å². The molecule has 1 N–H and O–H groups in total. The predicted molar refractivity (Wildman–Crippen MR) is 45.1 cm³/mol. The van der Waals surface area contributed by atoms with Crippen LogP contribution in [0.25, 0.3) is 0 Å². The number of rotatable bonds is 4. The third-order valence-electron chi connectivity index (χ3n) is 2.27. The fourth-order valence-corrected chi connectivity index (χ4v) is 1.03. The third kappa shape index (κ3) is 2.70. The summed E-state index contributed by atoms with van der Waals surface area (Å²) in [5.74, 6) is 0.842. The first-order chi connectivity index (χ1) is 4.62. The number of nitrogens with one attached hydrogen (secondary N) is 1. The molecule has 0 aromatic heterocycles. The van der Waals surface area contributed by atoms with E-state index >= 15 is 0 Å². The van der Waals surface area contributed by atoms with Gasteiger partial charge in [-0.3, -0.25) is 0 Å². The van der Waals surface area contributed by atoms with Crippen molar-refractivity contribution in [2.24, 2.45) is 5.92 Å². The van der Waals surface area contributed by atoms with Gasteiger partial charge in [0.25, 0.3) is 0 Å². The first kappa shape index (κ1) is 8.06. The summed E-state index contributed by atoms with van der Waals surface area (Å²) in [4.78, 5) is 0. The summed E-state index contributed by atoms with van der Waals surface area (Å²) >= 11 is 0. The summed E-state index contributed by atoms with van der Waals surface area (Å²) in [7, 11) is 0. The van der Waals surface area contributed by atoms with Crippen LogP contribution in [-0.4, -0.2) is 12.1 Å². The summed E-state index contributed by atoms with van der Waals surface area (Å²) in [6.07, 6.45) is 4.08. The van der Waals surface area contributed by atoms with Crippen LogP contribution in [0.5, 0.6) is 0 Å². The van der Waals surface area contributed by atoms with Crippen LogP contribution in [0.1, 0.15) is 40.0 Å². The molecule has 0 aromatic carbocycles. The van der Waals surface area contributed by atoms with Crippen LogP contribution in [0.4, 0.5) is 0 Å². The number of hydrogen-bond acceptors (Lipinski definition) is 1. The normalized spacial score (nSPS) is 21.6. The predicted octanol–water partition coefficient (Wildman–Crippen LogP) is 2.17. The van der Waals surface area contributed by atoms with Gasteiger partial charge < -0.3 is 5.32 Å². The zero-order chi connectivity index (χ0) is 7.61. The minimum absolute atomic E-state index is 0.537. The highest BCUT2D eigenvalue weighted by atomic mass is 15.0. The molecule has 0 spiro atoms.